The van der Waals surface area contributed by atoms with Gasteiger partial charge < -0.3 is 4.74 Å². The van der Waals surface area contributed by atoms with Crippen LogP contribution in [0.5, 0.6) is 0 Å². The minimum Gasteiger partial charge on any atom is -0.457 e. The molecule has 1 spiro atoms. The maximum Gasteiger partial charge on any atom is 0.313 e. The van der Waals surface area contributed by atoms with E-state index in [9.17, 15) is 9.59 Å². The number of carbonyl (C=O) groups excluding carboxylic acids is 2. The fourth-order valence-corrected chi connectivity index (χ4v) is 3.40. The van der Waals surface area contributed by atoms with E-state index in [1.807, 2.05) is 6.92 Å². The van der Waals surface area contributed by atoms with Gasteiger partial charge in [0.15, 0.2) is 0 Å². The predicted molar refractivity (Wildman–Crippen MR) is 43.9 cm³/mol. The van der Waals surface area contributed by atoms with Crippen molar-refractivity contribution in [1.29, 1.82) is 0 Å². The normalized spacial score (nSPS) is 52.5. The Morgan fingerprint density at radius 1 is 1.38 bits per heavy atom. The summed E-state index contributed by atoms with van der Waals surface area (Å²) in [7, 11) is 0. The Morgan fingerprint density at radius 2 is 2.15 bits per heavy atom. The van der Waals surface area contributed by atoms with E-state index in [4.69, 9.17) is 4.74 Å². The van der Waals surface area contributed by atoms with E-state index in [2.05, 4.69) is 0 Å². The molecule has 0 unspecified atom stereocenters. The van der Waals surface area contributed by atoms with Gasteiger partial charge in [0, 0.05) is 6.42 Å². The molecule has 0 aromatic carbocycles. The molecule has 3 fully saturated rings. The number of hydrogen-bond acceptors (Lipinski definition) is 3. The zero-order valence-corrected chi connectivity index (χ0v) is 7.63. The van der Waals surface area contributed by atoms with E-state index < -0.39 is 0 Å². The molecule has 1 saturated heterocycles. The van der Waals surface area contributed by atoms with Crippen LogP contribution in [0.15, 0.2) is 0 Å². The molecule has 0 radical (unpaired) electrons. The van der Waals surface area contributed by atoms with Crippen molar-refractivity contribution in [2.45, 2.75) is 38.2 Å². The Kier molecular flexibility index (Phi) is 1.05. The molecule has 0 amide bonds. The zero-order chi connectivity index (χ0) is 9.27. The van der Waals surface area contributed by atoms with Crippen LogP contribution in [-0.2, 0) is 14.3 Å². The molecule has 0 aromatic heterocycles. The standard InChI is InChI=1S/C10H12O3/c1-9-4-2-6-8(12)13-10(6,9)5-3-7(9)11/h6H,2-5H2,1H3/t6-,9-,10+/m1/s1. The van der Waals surface area contributed by atoms with Crippen LogP contribution < -0.4 is 0 Å². The summed E-state index contributed by atoms with van der Waals surface area (Å²) in [5.74, 6) is 0.241. The fourth-order valence-electron chi connectivity index (χ4n) is 3.40. The summed E-state index contributed by atoms with van der Waals surface area (Å²) in [6.45, 7) is 1.97. The maximum absolute atomic E-state index is 11.7. The summed E-state index contributed by atoms with van der Waals surface area (Å²) in [5, 5.41) is 0. The number of hydrogen-bond donors (Lipinski definition) is 0. The number of Topliss-reactive ketones (excluding diaryl/α,β-unsaturated/α-hetero) is 1. The van der Waals surface area contributed by atoms with Crippen LogP contribution in [0.1, 0.15) is 32.6 Å². The summed E-state index contributed by atoms with van der Waals surface area (Å²) in [6.07, 6.45) is 3.04. The van der Waals surface area contributed by atoms with Gasteiger partial charge in [-0.15, -0.1) is 0 Å². The maximum atomic E-state index is 11.7. The lowest BCUT2D eigenvalue weighted by atomic mass is 9.72. The summed E-state index contributed by atoms with van der Waals surface area (Å²) >= 11 is 0. The van der Waals surface area contributed by atoms with Crippen molar-refractivity contribution in [2.24, 2.45) is 11.3 Å². The second-order valence-corrected chi connectivity index (χ2v) is 4.66. The second kappa shape index (κ2) is 1.81. The molecule has 1 aliphatic heterocycles. The lowest BCUT2D eigenvalue weighted by molar-refractivity contribution is -0.220. The first kappa shape index (κ1) is 7.54. The molecule has 0 N–H and O–H groups in total. The molecular formula is C10H12O3. The Labute approximate surface area is 76.4 Å². The van der Waals surface area contributed by atoms with Gasteiger partial charge in [-0.1, -0.05) is 0 Å². The Balaban J connectivity index is 2.09. The first-order valence-electron chi connectivity index (χ1n) is 4.86. The van der Waals surface area contributed by atoms with E-state index in [0.717, 1.165) is 19.3 Å². The summed E-state index contributed by atoms with van der Waals surface area (Å²) in [6, 6.07) is 0. The van der Waals surface area contributed by atoms with Crippen LogP contribution in [0.25, 0.3) is 0 Å². The van der Waals surface area contributed by atoms with Crippen molar-refractivity contribution in [1.82, 2.24) is 0 Å². The van der Waals surface area contributed by atoms with Crippen LogP contribution in [-0.4, -0.2) is 17.4 Å². The number of carbonyl (C=O) groups is 2. The van der Waals surface area contributed by atoms with Gasteiger partial charge >= 0.3 is 5.97 Å². The highest BCUT2D eigenvalue weighted by molar-refractivity contribution is 5.95. The number of esters is 1. The van der Waals surface area contributed by atoms with Crippen molar-refractivity contribution in [3.8, 4) is 0 Å². The van der Waals surface area contributed by atoms with Crippen molar-refractivity contribution in [3.63, 3.8) is 0 Å². The van der Waals surface area contributed by atoms with Gasteiger partial charge in [0.25, 0.3) is 0 Å². The average Bonchev–Trinajstić information content (AvgIpc) is 2.44. The SMILES string of the molecule is C[C@]12CC[C@@H]3C(=O)O[C@@]31CCC2=O. The highest BCUT2D eigenvalue weighted by Crippen LogP contribution is 2.64. The topological polar surface area (TPSA) is 43.4 Å². The predicted octanol–water partition coefficient (Wildman–Crippen LogP) is 1.06. The molecule has 0 aromatic rings. The summed E-state index contributed by atoms with van der Waals surface area (Å²) in [4.78, 5) is 22.8. The van der Waals surface area contributed by atoms with Crippen molar-refractivity contribution in [2.75, 3.05) is 0 Å². The quantitative estimate of drug-likeness (QED) is 0.523. The van der Waals surface area contributed by atoms with Gasteiger partial charge in [0.2, 0.25) is 0 Å². The lowest BCUT2D eigenvalue weighted by Gasteiger charge is -2.47. The van der Waals surface area contributed by atoms with E-state index in [1.165, 1.54) is 0 Å². The van der Waals surface area contributed by atoms with Crippen LogP contribution in [0.3, 0.4) is 0 Å². The first-order valence-corrected chi connectivity index (χ1v) is 4.86. The third-order valence-corrected chi connectivity index (χ3v) is 4.34. The van der Waals surface area contributed by atoms with Gasteiger partial charge in [0.1, 0.15) is 11.4 Å². The average molecular weight is 180 g/mol. The molecule has 3 atom stereocenters. The highest BCUT2D eigenvalue weighted by Gasteiger charge is 2.74. The molecule has 2 aliphatic carbocycles. The van der Waals surface area contributed by atoms with Crippen molar-refractivity contribution >= 4 is 11.8 Å². The molecule has 3 rings (SSSR count). The molecular weight excluding hydrogens is 168 g/mol. The van der Waals surface area contributed by atoms with E-state index in [0.29, 0.717) is 12.2 Å². The van der Waals surface area contributed by atoms with Crippen LogP contribution >= 0.6 is 0 Å². The molecule has 1 heterocycles. The van der Waals surface area contributed by atoms with E-state index in [1.54, 1.807) is 0 Å². The molecule has 70 valence electrons. The number of ether oxygens (including phenoxy) is 1. The molecule has 2 saturated carbocycles. The third-order valence-electron chi connectivity index (χ3n) is 4.34. The van der Waals surface area contributed by atoms with Crippen LogP contribution in [0.4, 0.5) is 0 Å². The molecule has 0 bridgehead atoms. The smallest absolute Gasteiger partial charge is 0.313 e. The van der Waals surface area contributed by atoms with Crippen LogP contribution in [0, 0.1) is 11.3 Å². The minimum absolute atomic E-state index is 0.0314. The first-order chi connectivity index (χ1) is 6.10. The number of ketones is 1. The molecule has 3 heteroatoms. The highest BCUT2D eigenvalue weighted by atomic mass is 16.6. The van der Waals surface area contributed by atoms with Gasteiger partial charge in [-0.3, -0.25) is 9.59 Å². The molecule has 13 heavy (non-hydrogen) atoms. The summed E-state index contributed by atoms with van der Waals surface area (Å²) < 4.78 is 5.29. The number of rotatable bonds is 0. The third kappa shape index (κ3) is 0.550. The summed E-state index contributed by atoms with van der Waals surface area (Å²) in [5.41, 5.74) is -0.716. The lowest BCUT2D eigenvalue weighted by Crippen LogP contribution is -2.59. The van der Waals surface area contributed by atoms with Crippen molar-refractivity contribution < 1.29 is 14.3 Å². The monoisotopic (exact) mass is 180 g/mol. The van der Waals surface area contributed by atoms with Crippen molar-refractivity contribution in [3.05, 3.63) is 0 Å². The van der Waals surface area contributed by atoms with Crippen LogP contribution in [0.2, 0.25) is 0 Å². The van der Waals surface area contributed by atoms with Gasteiger partial charge in [-0.25, -0.2) is 0 Å². The largest absolute Gasteiger partial charge is 0.457 e. The van der Waals surface area contributed by atoms with E-state index in [-0.39, 0.29) is 22.9 Å². The zero-order valence-electron chi connectivity index (χ0n) is 7.63. The van der Waals surface area contributed by atoms with Gasteiger partial charge in [0.05, 0.1) is 11.3 Å². The Bertz CT molecular complexity index is 322. The Morgan fingerprint density at radius 3 is 2.85 bits per heavy atom. The van der Waals surface area contributed by atoms with Gasteiger partial charge in [-0.2, -0.15) is 0 Å². The second-order valence-electron chi connectivity index (χ2n) is 4.66. The Hall–Kier alpha value is -0.860. The molecule has 3 aliphatic rings. The van der Waals surface area contributed by atoms with E-state index >= 15 is 0 Å². The fraction of sp³-hybridized carbons (Fsp3) is 0.800. The minimum atomic E-state index is -0.374. The van der Waals surface area contributed by atoms with Gasteiger partial charge in [-0.05, 0) is 26.2 Å². The molecule has 3 nitrogen and oxygen atoms in total.